The van der Waals surface area contributed by atoms with Crippen LogP contribution in [0.15, 0.2) is 39.4 Å². The largest absolute Gasteiger partial charge is 0.478 e. The number of carbonyl (C=O) groups excluding carboxylic acids is 1. The van der Waals surface area contributed by atoms with E-state index < -0.39 is 5.97 Å². The number of aryl methyl sites for hydroxylation is 1. The fourth-order valence-electron chi connectivity index (χ4n) is 1.81. The fourth-order valence-corrected chi connectivity index (χ4v) is 1.81. The summed E-state index contributed by atoms with van der Waals surface area (Å²) < 4.78 is 10.4. The average Bonchev–Trinajstić information content (AvgIpc) is 3.05. The van der Waals surface area contributed by atoms with Crippen molar-refractivity contribution in [3.05, 3.63) is 53.4 Å². The first-order chi connectivity index (χ1) is 9.97. The van der Waals surface area contributed by atoms with Crippen LogP contribution in [-0.2, 0) is 11.3 Å². The summed E-state index contributed by atoms with van der Waals surface area (Å²) >= 11 is 0. The number of hydrogen-bond acceptors (Lipinski definition) is 4. The van der Waals surface area contributed by atoms with Gasteiger partial charge in [0.15, 0.2) is 0 Å². The Hall–Kier alpha value is -2.76. The van der Waals surface area contributed by atoms with Gasteiger partial charge in [-0.05, 0) is 31.2 Å². The van der Waals surface area contributed by atoms with E-state index in [0.717, 1.165) is 0 Å². The van der Waals surface area contributed by atoms with E-state index in [-0.39, 0.29) is 18.0 Å². The third kappa shape index (κ3) is 3.62. The molecule has 0 radical (unpaired) electrons. The van der Waals surface area contributed by atoms with Crippen molar-refractivity contribution in [2.24, 2.45) is 0 Å². The summed E-state index contributed by atoms with van der Waals surface area (Å²) in [4.78, 5) is 24.3. The molecule has 0 aromatic carbocycles. The van der Waals surface area contributed by atoms with Crippen molar-refractivity contribution in [1.82, 2.24) is 4.90 Å². The highest BCUT2D eigenvalue weighted by Crippen LogP contribution is 2.16. The maximum absolute atomic E-state index is 11.9. The molecule has 0 aliphatic heterocycles. The van der Waals surface area contributed by atoms with Gasteiger partial charge >= 0.3 is 5.97 Å². The van der Waals surface area contributed by atoms with Crippen molar-refractivity contribution in [2.75, 3.05) is 7.05 Å². The lowest BCUT2D eigenvalue weighted by atomic mass is 10.2. The number of carbonyl (C=O) groups is 2. The zero-order valence-electron chi connectivity index (χ0n) is 11.7. The molecule has 2 heterocycles. The Kier molecular flexibility index (Phi) is 4.27. The lowest BCUT2D eigenvalue weighted by Gasteiger charge is -2.12. The van der Waals surface area contributed by atoms with Crippen LogP contribution in [0.1, 0.15) is 27.6 Å². The predicted octanol–water partition coefficient (Wildman–Crippen LogP) is 2.55. The minimum Gasteiger partial charge on any atom is -0.478 e. The molecule has 6 nitrogen and oxygen atoms in total. The molecule has 6 heteroatoms. The Balaban J connectivity index is 2.00. The summed E-state index contributed by atoms with van der Waals surface area (Å²) in [6.07, 6.45) is 4.47. The zero-order chi connectivity index (χ0) is 15.4. The molecule has 0 unspecified atom stereocenters. The van der Waals surface area contributed by atoms with Gasteiger partial charge < -0.3 is 18.8 Å². The van der Waals surface area contributed by atoms with E-state index in [2.05, 4.69) is 0 Å². The van der Waals surface area contributed by atoms with Crippen LogP contribution in [-0.4, -0.2) is 28.9 Å². The van der Waals surface area contributed by atoms with Crippen molar-refractivity contribution < 1.29 is 23.5 Å². The minimum atomic E-state index is -1.05. The smallest absolute Gasteiger partial charge is 0.339 e. The molecule has 0 aliphatic rings. The second-order valence-electron chi connectivity index (χ2n) is 4.53. The molecule has 0 bridgehead atoms. The molecule has 1 amide bonds. The van der Waals surface area contributed by atoms with Crippen LogP contribution >= 0.6 is 0 Å². The molecule has 1 N–H and O–H groups in total. The van der Waals surface area contributed by atoms with Crippen LogP contribution in [0.5, 0.6) is 0 Å². The summed E-state index contributed by atoms with van der Waals surface area (Å²) in [5.41, 5.74) is 0.108. The lowest BCUT2D eigenvalue weighted by molar-refractivity contribution is -0.125. The Labute approximate surface area is 121 Å². The van der Waals surface area contributed by atoms with E-state index in [1.165, 1.54) is 23.3 Å². The van der Waals surface area contributed by atoms with E-state index in [1.807, 2.05) is 0 Å². The lowest BCUT2D eigenvalue weighted by Crippen LogP contribution is -2.23. The van der Waals surface area contributed by atoms with Gasteiger partial charge in [-0.2, -0.15) is 0 Å². The highest BCUT2D eigenvalue weighted by molar-refractivity contribution is 5.91. The molecule has 0 saturated carbocycles. The van der Waals surface area contributed by atoms with Crippen LogP contribution < -0.4 is 0 Å². The maximum Gasteiger partial charge on any atom is 0.339 e. The van der Waals surface area contributed by atoms with Gasteiger partial charge in [0.05, 0.1) is 12.8 Å². The van der Waals surface area contributed by atoms with Crippen LogP contribution in [0.25, 0.3) is 6.08 Å². The number of likely N-dealkylation sites (N-methyl/N-ethyl adjacent to an activating group) is 1. The number of aromatic carboxylic acids is 1. The van der Waals surface area contributed by atoms with E-state index in [9.17, 15) is 9.59 Å². The number of furan rings is 2. The molecular weight excluding hydrogens is 274 g/mol. The SMILES string of the molecule is Cc1oc(CN(C)C(=O)C=Cc2ccco2)cc1C(=O)O. The molecule has 2 rings (SSSR count). The van der Waals surface area contributed by atoms with Crippen molar-refractivity contribution in [3.63, 3.8) is 0 Å². The second-order valence-corrected chi connectivity index (χ2v) is 4.53. The summed E-state index contributed by atoms with van der Waals surface area (Å²) in [6, 6.07) is 4.89. The quantitative estimate of drug-likeness (QED) is 0.855. The van der Waals surface area contributed by atoms with E-state index >= 15 is 0 Å². The average molecular weight is 289 g/mol. The van der Waals surface area contributed by atoms with Gasteiger partial charge in [-0.15, -0.1) is 0 Å². The Morgan fingerprint density at radius 1 is 1.43 bits per heavy atom. The van der Waals surface area contributed by atoms with Crippen LogP contribution in [0, 0.1) is 6.92 Å². The van der Waals surface area contributed by atoms with Crippen molar-refractivity contribution in [2.45, 2.75) is 13.5 Å². The number of nitrogens with zero attached hydrogens (tertiary/aromatic N) is 1. The Morgan fingerprint density at radius 3 is 2.76 bits per heavy atom. The Morgan fingerprint density at radius 2 is 2.19 bits per heavy atom. The standard InChI is InChI=1S/C15H15NO5/c1-10-13(15(18)19)8-12(21-10)9-16(2)14(17)6-5-11-4-3-7-20-11/h3-8H,9H2,1-2H3,(H,18,19). The van der Waals surface area contributed by atoms with Gasteiger partial charge in [-0.25, -0.2) is 4.79 Å². The number of rotatable bonds is 5. The van der Waals surface area contributed by atoms with Crippen LogP contribution in [0.2, 0.25) is 0 Å². The first kappa shape index (κ1) is 14.6. The van der Waals surface area contributed by atoms with Crippen LogP contribution in [0.3, 0.4) is 0 Å². The normalized spacial score (nSPS) is 11.0. The molecule has 2 aromatic rings. The number of amides is 1. The molecule has 0 atom stereocenters. The van der Waals surface area contributed by atoms with Gasteiger partial charge in [-0.1, -0.05) is 0 Å². The highest BCUT2D eigenvalue weighted by atomic mass is 16.4. The number of carboxylic acids is 1. The van der Waals surface area contributed by atoms with Gasteiger partial charge in [0.25, 0.3) is 0 Å². The summed E-state index contributed by atoms with van der Waals surface area (Å²) in [5.74, 6) is 0.0434. The molecule has 0 fully saturated rings. The first-order valence-corrected chi connectivity index (χ1v) is 6.26. The zero-order valence-corrected chi connectivity index (χ0v) is 11.7. The third-order valence-electron chi connectivity index (χ3n) is 2.90. The van der Waals surface area contributed by atoms with Gasteiger partial charge in [0.1, 0.15) is 22.8 Å². The number of carboxylic acid groups (broad SMARTS) is 1. The van der Waals surface area contributed by atoms with E-state index in [4.69, 9.17) is 13.9 Å². The molecule has 21 heavy (non-hydrogen) atoms. The minimum absolute atomic E-state index is 0.108. The van der Waals surface area contributed by atoms with Crippen molar-refractivity contribution in [1.29, 1.82) is 0 Å². The van der Waals surface area contributed by atoms with E-state index in [0.29, 0.717) is 17.3 Å². The molecular formula is C15H15NO5. The molecule has 0 aliphatic carbocycles. The highest BCUT2D eigenvalue weighted by Gasteiger charge is 2.15. The second kappa shape index (κ2) is 6.13. The molecule has 0 spiro atoms. The first-order valence-electron chi connectivity index (χ1n) is 6.26. The topological polar surface area (TPSA) is 83.9 Å². The predicted molar refractivity (Wildman–Crippen MR) is 74.6 cm³/mol. The fraction of sp³-hybridized carbons (Fsp3) is 0.200. The molecule has 110 valence electrons. The Bertz CT molecular complexity index is 666. The molecule has 0 saturated heterocycles. The maximum atomic E-state index is 11.9. The summed E-state index contributed by atoms with van der Waals surface area (Å²) in [6.45, 7) is 1.76. The van der Waals surface area contributed by atoms with Crippen LogP contribution in [0.4, 0.5) is 0 Å². The van der Waals surface area contributed by atoms with Gasteiger partial charge in [-0.3, -0.25) is 4.79 Å². The summed E-state index contributed by atoms with van der Waals surface area (Å²) in [5, 5.41) is 8.95. The van der Waals surface area contributed by atoms with Gasteiger partial charge in [0, 0.05) is 13.1 Å². The summed E-state index contributed by atoms with van der Waals surface area (Å²) in [7, 11) is 1.60. The van der Waals surface area contributed by atoms with Crippen molar-refractivity contribution >= 4 is 18.0 Å². The van der Waals surface area contributed by atoms with Crippen molar-refractivity contribution in [3.8, 4) is 0 Å². The monoisotopic (exact) mass is 289 g/mol. The third-order valence-corrected chi connectivity index (χ3v) is 2.90. The number of hydrogen-bond donors (Lipinski definition) is 1. The molecule has 2 aromatic heterocycles. The van der Waals surface area contributed by atoms with Gasteiger partial charge in [0.2, 0.25) is 5.91 Å². The van der Waals surface area contributed by atoms with E-state index in [1.54, 1.807) is 32.2 Å².